The summed E-state index contributed by atoms with van der Waals surface area (Å²) in [6.07, 6.45) is 15.3. The molecule has 0 heterocycles. The number of carbonyl (C=O) groups is 5. The van der Waals surface area contributed by atoms with E-state index in [0.29, 0.717) is 5.56 Å². The van der Waals surface area contributed by atoms with Crippen LogP contribution in [0.1, 0.15) is 150 Å². The van der Waals surface area contributed by atoms with Crippen molar-refractivity contribution < 1.29 is 33.4 Å². The first-order valence-electron chi connectivity index (χ1n) is 18.5. The van der Waals surface area contributed by atoms with Crippen molar-refractivity contribution in [1.29, 1.82) is 0 Å². The Morgan fingerprint density at radius 3 is 1.33 bits per heavy atom. The largest absolute Gasteiger partial charge is 0.464 e. The number of unbranched alkanes of at least 4 members (excludes halogenated alkanes) is 10. The highest BCUT2D eigenvalue weighted by atomic mass is 16.6. The van der Waals surface area contributed by atoms with E-state index in [4.69, 9.17) is 9.47 Å². The molecule has 0 saturated heterocycles. The van der Waals surface area contributed by atoms with Crippen LogP contribution in [-0.4, -0.2) is 59.6 Å². The van der Waals surface area contributed by atoms with Gasteiger partial charge >= 0.3 is 11.9 Å². The van der Waals surface area contributed by atoms with Crippen molar-refractivity contribution in [2.24, 2.45) is 0 Å². The molecule has 270 valence electrons. The van der Waals surface area contributed by atoms with Crippen molar-refractivity contribution in [3.63, 3.8) is 0 Å². The first-order valence-corrected chi connectivity index (χ1v) is 18.5. The molecule has 0 unspecified atom stereocenters. The Morgan fingerprint density at radius 1 is 0.551 bits per heavy atom. The predicted molar refractivity (Wildman–Crippen MR) is 194 cm³/mol. The number of hydrogen-bond acceptors (Lipinski definition) is 7. The molecule has 0 N–H and O–H groups in total. The molecule has 0 aromatic heterocycles. The highest BCUT2D eigenvalue weighted by molar-refractivity contribution is 6.14. The molecule has 2 aromatic carbocycles. The Morgan fingerprint density at radius 2 is 0.939 bits per heavy atom. The number of amides is 1. The average molecular weight is 678 g/mol. The van der Waals surface area contributed by atoms with Gasteiger partial charge in [0.1, 0.15) is 0 Å². The maximum absolute atomic E-state index is 13.8. The average Bonchev–Trinajstić information content (AvgIpc) is 3.09. The second-order valence-electron chi connectivity index (χ2n) is 12.9. The zero-order valence-corrected chi connectivity index (χ0v) is 30.7. The SMILES string of the molecule is CCCCCCCCc1ccc(C(=O)CN(C(C)=O)C(CC(=O)c2ccc(CCCCCCCC)cc2)(C(=O)OCC)C(=O)OCC)cc1. The first kappa shape index (κ1) is 41.4. The van der Waals surface area contributed by atoms with Crippen molar-refractivity contribution in [1.82, 2.24) is 4.90 Å². The summed E-state index contributed by atoms with van der Waals surface area (Å²) in [7, 11) is 0. The second-order valence-corrected chi connectivity index (χ2v) is 12.9. The van der Waals surface area contributed by atoms with Crippen LogP contribution >= 0.6 is 0 Å². The van der Waals surface area contributed by atoms with Gasteiger partial charge in [0.05, 0.1) is 26.2 Å². The van der Waals surface area contributed by atoms with Gasteiger partial charge in [-0.05, 0) is 50.7 Å². The number of carbonyl (C=O) groups excluding carboxylic acids is 5. The summed E-state index contributed by atoms with van der Waals surface area (Å²) in [4.78, 5) is 68.9. The van der Waals surface area contributed by atoms with Crippen LogP contribution in [0.25, 0.3) is 0 Å². The lowest BCUT2D eigenvalue weighted by molar-refractivity contribution is -0.178. The number of hydrogen-bond donors (Lipinski definition) is 0. The molecule has 0 radical (unpaired) electrons. The molecular weight excluding hydrogens is 618 g/mol. The fourth-order valence-electron chi connectivity index (χ4n) is 6.06. The van der Waals surface area contributed by atoms with Gasteiger partial charge in [-0.25, -0.2) is 9.59 Å². The Bertz CT molecular complexity index is 1300. The normalized spacial score (nSPS) is 11.2. The van der Waals surface area contributed by atoms with E-state index < -0.39 is 47.9 Å². The lowest BCUT2D eigenvalue weighted by Crippen LogP contribution is -2.64. The standard InChI is InChI=1S/C41H59NO7/c1-6-10-12-14-16-18-20-33-22-26-35(27-23-33)37(44)30-41(39(46)48-8-3,40(47)49-9-4)42(32(5)43)31-38(45)36-28-24-34(25-29-36)21-19-17-15-13-11-7-2/h22-29H,6-21,30-31H2,1-5H3. The molecule has 2 rings (SSSR count). The molecular formula is C41H59NO7. The minimum atomic E-state index is -2.49. The van der Waals surface area contributed by atoms with Crippen LogP contribution in [0.15, 0.2) is 48.5 Å². The van der Waals surface area contributed by atoms with E-state index in [1.165, 1.54) is 51.4 Å². The number of rotatable bonds is 25. The maximum atomic E-state index is 13.8. The predicted octanol–water partition coefficient (Wildman–Crippen LogP) is 8.66. The van der Waals surface area contributed by atoms with Gasteiger partial charge in [-0.15, -0.1) is 0 Å². The Kier molecular flexibility index (Phi) is 19.2. The zero-order valence-electron chi connectivity index (χ0n) is 30.7. The Balaban J connectivity index is 2.30. The second kappa shape index (κ2) is 22.8. The summed E-state index contributed by atoms with van der Waals surface area (Å²) in [6, 6.07) is 14.3. The first-order chi connectivity index (χ1) is 23.6. The van der Waals surface area contributed by atoms with Gasteiger partial charge in [0, 0.05) is 18.1 Å². The van der Waals surface area contributed by atoms with E-state index in [9.17, 15) is 24.0 Å². The van der Waals surface area contributed by atoms with E-state index in [2.05, 4.69) is 13.8 Å². The van der Waals surface area contributed by atoms with E-state index >= 15 is 0 Å². The molecule has 0 bridgehead atoms. The van der Waals surface area contributed by atoms with Gasteiger partial charge in [-0.3, -0.25) is 14.4 Å². The number of ketones is 2. The molecule has 0 spiro atoms. The van der Waals surface area contributed by atoms with Gasteiger partial charge in [0.2, 0.25) is 11.4 Å². The third-order valence-electron chi connectivity index (χ3n) is 8.98. The molecule has 8 heteroatoms. The Labute approximate surface area is 294 Å². The number of aryl methyl sites for hydroxylation is 2. The highest BCUT2D eigenvalue weighted by Crippen LogP contribution is 2.28. The molecule has 0 atom stereocenters. The van der Waals surface area contributed by atoms with Crippen LogP contribution in [0.3, 0.4) is 0 Å². The van der Waals surface area contributed by atoms with Crippen LogP contribution in [0, 0.1) is 0 Å². The number of ether oxygens (including phenoxy) is 2. The summed E-state index contributed by atoms with van der Waals surface area (Å²) >= 11 is 0. The summed E-state index contributed by atoms with van der Waals surface area (Å²) < 4.78 is 10.6. The van der Waals surface area contributed by atoms with Crippen LogP contribution in [-0.2, 0) is 36.7 Å². The maximum Gasteiger partial charge on any atom is 0.344 e. The summed E-state index contributed by atoms with van der Waals surface area (Å²) in [5, 5.41) is 0. The molecule has 49 heavy (non-hydrogen) atoms. The molecule has 0 aliphatic rings. The molecule has 0 aliphatic carbocycles. The van der Waals surface area contributed by atoms with Gasteiger partial charge in [0.15, 0.2) is 11.6 Å². The Hall–Kier alpha value is -3.81. The van der Waals surface area contributed by atoms with Gasteiger partial charge in [-0.2, -0.15) is 0 Å². The topological polar surface area (TPSA) is 107 Å². The molecule has 0 fully saturated rings. The number of esters is 2. The summed E-state index contributed by atoms with van der Waals surface area (Å²) in [5.41, 5.74) is 0.307. The number of Topliss-reactive ketones (excluding diaryl/α,β-unsaturated/α-hetero) is 2. The van der Waals surface area contributed by atoms with E-state index in [1.54, 1.807) is 38.1 Å². The van der Waals surface area contributed by atoms with Gasteiger partial charge in [0.25, 0.3) is 0 Å². The minimum absolute atomic E-state index is 0.110. The van der Waals surface area contributed by atoms with Crippen LogP contribution < -0.4 is 0 Å². The number of benzene rings is 2. The highest BCUT2D eigenvalue weighted by Gasteiger charge is 2.57. The third kappa shape index (κ3) is 13.2. The van der Waals surface area contributed by atoms with Crippen molar-refractivity contribution in [3.05, 3.63) is 70.8 Å². The molecule has 8 nitrogen and oxygen atoms in total. The van der Waals surface area contributed by atoms with Crippen molar-refractivity contribution in [3.8, 4) is 0 Å². The summed E-state index contributed by atoms with van der Waals surface area (Å²) in [6.45, 7) is 7.84. The van der Waals surface area contributed by atoms with Crippen LogP contribution in [0.4, 0.5) is 0 Å². The van der Waals surface area contributed by atoms with Crippen molar-refractivity contribution >= 4 is 29.4 Å². The van der Waals surface area contributed by atoms with Gasteiger partial charge in [-0.1, -0.05) is 127 Å². The quantitative estimate of drug-likeness (QED) is 0.0448. The molecule has 0 saturated carbocycles. The van der Waals surface area contributed by atoms with Crippen LogP contribution in [0.2, 0.25) is 0 Å². The molecule has 1 amide bonds. The van der Waals surface area contributed by atoms with E-state index in [1.807, 2.05) is 24.3 Å². The molecule has 0 aliphatic heterocycles. The fraction of sp³-hybridized carbons (Fsp3) is 0.585. The molecule has 2 aromatic rings. The number of nitrogens with zero attached hydrogens (tertiary/aromatic N) is 1. The van der Waals surface area contributed by atoms with E-state index in [-0.39, 0.29) is 18.8 Å². The minimum Gasteiger partial charge on any atom is -0.464 e. The lowest BCUT2D eigenvalue weighted by atomic mass is 9.87. The van der Waals surface area contributed by atoms with Crippen LogP contribution in [0.5, 0.6) is 0 Å². The van der Waals surface area contributed by atoms with Gasteiger partial charge < -0.3 is 14.4 Å². The third-order valence-corrected chi connectivity index (χ3v) is 8.98. The monoisotopic (exact) mass is 677 g/mol. The zero-order chi connectivity index (χ0) is 36.1. The van der Waals surface area contributed by atoms with Crippen molar-refractivity contribution in [2.75, 3.05) is 19.8 Å². The smallest absolute Gasteiger partial charge is 0.344 e. The van der Waals surface area contributed by atoms with E-state index in [0.717, 1.165) is 61.5 Å². The summed E-state index contributed by atoms with van der Waals surface area (Å²) in [5.74, 6) is -4.00. The lowest BCUT2D eigenvalue weighted by Gasteiger charge is -2.38. The fourth-order valence-corrected chi connectivity index (χ4v) is 6.06. The van der Waals surface area contributed by atoms with Crippen molar-refractivity contribution in [2.45, 2.75) is 136 Å².